The van der Waals surface area contributed by atoms with Gasteiger partial charge in [-0.2, -0.15) is 0 Å². The van der Waals surface area contributed by atoms with Crippen LogP contribution in [0.1, 0.15) is 13.3 Å². The van der Waals surface area contributed by atoms with Crippen LogP contribution in [0.15, 0.2) is 84.9 Å². The van der Waals surface area contributed by atoms with E-state index in [1.807, 2.05) is 60.7 Å². The maximum absolute atomic E-state index is 12.3. The van der Waals surface area contributed by atoms with Crippen LogP contribution in [0.5, 0.6) is 11.5 Å². The molecular weight excluding hydrogens is 352 g/mol. The average Bonchev–Trinajstić information content (AvgIpc) is 2.71. The Bertz CT molecular complexity index is 910. The molecule has 0 aliphatic carbocycles. The zero-order valence-corrected chi connectivity index (χ0v) is 15.7. The largest absolute Gasteiger partial charge is 0.457 e. The van der Waals surface area contributed by atoms with E-state index in [4.69, 9.17) is 4.74 Å². The minimum absolute atomic E-state index is 0.0959. The Balaban J connectivity index is 1.53. The Morgan fingerprint density at radius 2 is 1.39 bits per heavy atom. The van der Waals surface area contributed by atoms with Crippen molar-refractivity contribution in [2.45, 2.75) is 13.3 Å². The predicted octanol–water partition coefficient (Wildman–Crippen LogP) is 4.86. The lowest BCUT2D eigenvalue weighted by atomic mass is 10.2. The van der Waals surface area contributed by atoms with Crippen LogP contribution in [0.3, 0.4) is 0 Å². The summed E-state index contributed by atoms with van der Waals surface area (Å²) >= 11 is 0. The molecule has 3 aromatic carbocycles. The first-order valence-corrected chi connectivity index (χ1v) is 9.08. The normalized spacial score (nSPS) is 10.2. The predicted molar refractivity (Wildman–Crippen MR) is 111 cm³/mol. The Morgan fingerprint density at radius 1 is 0.821 bits per heavy atom. The van der Waals surface area contributed by atoms with E-state index in [0.29, 0.717) is 18.0 Å². The number of hydrogen-bond donors (Lipinski definition) is 1. The summed E-state index contributed by atoms with van der Waals surface area (Å²) in [5.74, 6) is 1.20. The molecule has 0 aliphatic rings. The number of carbonyl (C=O) groups is 2. The second-order valence-electron chi connectivity index (χ2n) is 6.24. The van der Waals surface area contributed by atoms with Crippen LogP contribution in [-0.2, 0) is 9.59 Å². The molecule has 3 rings (SSSR count). The van der Waals surface area contributed by atoms with Crippen LogP contribution in [0.4, 0.5) is 11.4 Å². The summed E-state index contributed by atoms with van der Waals surface area (Å²) in [7, 11) is 0. The molecule has 3 aromatic rings. The molecule has 0 fully saturated rings. The Morgan fingerprint density at radius 3 is 2.00 bits per heavy atom. The molecule has 0 heterocycles. The number of nitrogens with zero attached hydrogens (tertiary/aromatic N) is 1. The SMILES string of the molecule is CC(=O)N(CCC(=O)Nc1ccc(Oc2ccccc2)cc1)c1ccccc1. The molecule has 0 spiro atoms. The summed E-state index contributed by atoms with van der Waals surface area (Å²) in [5.41, 5.74) is 1.46. The maximum Gasteiger partial charge on any atom is 0.226 e. The number of anilines is 2. The highest BCUT2D eigenvalue weighted by atomic mass is 16.5. The molecule has 0 aliphatic heterocycles. The van der Waals surface area contributed by atoms with Gasteiger partial charge >= 0.3 is 0 Å². The molecular formula is C23H22N2O3. The van der Waals surface area contributed by atoms with Gasteiger partial charge in [0.15, 0.2) is 0 Å². The third-order valence-corrected chi connectivity index (χ3v) is 4.13. The van der Waals surface area contributed by atoms with Crippen LogP contribution in [0.25, 0.3) is 0 Å². The fraction of sp³-hybridized carbons (Fsp3) is 0.130. The molecule has 5 heteroatoms. The van der Waals surface area contributed by atoms with Crippen molar-refractivity contribution in [2.75, 3.05) is 16.8 Å². The van der Waals surface area contributed by atoms with Crippen molar-refractivity contribution in [3.05, 3.63) is 84.9 Å². The second-order valence-corrected chi connectivity index (χ2v) is 6.24. The smallest absolute Gasteiger partial charge is 0.226 e. The summed E-state index contributed by atoms with van der Waals surface area (Å²) in [6, 6.07) is 26.0. The van der Waals surface area contributed by atoms with Gasteiger partial charge in [-0.1, -0.05) is 36.4 Å². The summed E-state index contributed by atoms with van der Waals surface area (Å²) in [4.78, 5) is 25.7. The molecule has 0 saturated heterocycles. The molecule has 0 bridgehead atoms. The highest BCUT2D eigenvalue weighted by Gasteiger charge is 2.13. The van der Waals surface area contributed by atoms with Gasteiger partial charge in [0.1, 0.15) is 11.5 Å². The van der Waals surface area contributed by atoms with Gasteiger partial charge in [0.05, 0.1) is 0 Å². The summed E-state index contributed by atoms with van der Waals surface area (Å²) in [5, 5.41) is 2.85. The van der Waals surface area contributed by atoms with E-state index in [2.05, 4.69) is 5.32 Å². The van der Waals surface area contributed by atoms with Gasteiger partial charge in [0.25, 0.3) is 0 Å². The average molecular weight is 374 g/mol. The van der Waals surface area contributed by atoms with Gasteiger partial charge < -0.3 is 15.0 Å². The molecule has 142 valence electrons. The van der Waals surface area contributed by atoms with Crippen molar-refractivity contribution in [1.82, 2.24) is 0 Å². The lowest BCUT2D eigenvalue weighted by Gasteiger charge is -2.20. The third kappa shape index (κ3) is 5.45. The lowest BCUT2D eigenvalue weighted by Crippen LogP contribution is -2.31. The molecule has 0 saturated carbocycles. The Hall–Kier alpha value is -3.60. The Kier molecular flexibility index (Phi) is 6.41. The van der Waals surface area contributed by atoms with E-state index in [-0.39, 0.29) is 18.2 Å². The van der Waals surface area contributed by atoms with Crippen LogP contribution >= 0.6 is 0 Å². The quantitative estimate of drug-likeness (QED) is 0.642. The van der Waals surface area contributed by atoms with Gasteiger partial charge in [0.2, 0.25) is 11.8 Å². The van der Waals surface area contributed by atoms with Gasteiger partial charge in [-0.25, -0.2) is 0 Å². The van der Waals surface area contributed by atoms with Crippen molar-refractivity contribution in [1.29, 1.82) is 0 Å². The van der Waals surface area contributed by atoms with E-state index >= 15 is 0 Å². The number of ether oxygens (including phenoxy) is 1. The van der Waals surface area contributed by atoms with E-state index in [9.17, 15) is 9.59 Å². The van der Waals surface area contributed by atoms with E-state index in [1.54, 1.807) is 29.2 Å². The first-order valence-electron chi connectivity index (χ1n) is 9.08. The van der Waals surface area contributed by atoms with Crippen molar-refractivity contribution in [3.8, 4) is 11.5 Å². The van der Waals surface area contributed by atoms with Gasteiger partial charge in [-0.15, -0.1) is 0 Å². The number of benzene rings is 3. The summed E-state index contributed by atoms with van der Waals surface area (Å²) < 4.78 is 5.74. The van der Waals surface area contributed by atoms with Crippen LogP contribution in [0.2, 0.25) is 0 Å². The standard InChI is InChI=1S/C23H22N2O3/c1-18(26)25(20-8-4-2-5-9-20)17-16-23(27)24-19-12-14-22(15-13-19)28-21-10-6-3-7-11-21/h2-15H,16-17H2,1H3,(H,24,27). The number of para-hydroxylation sites is 2. The lowest BCUT2D eigenvalue weighted by molar-refractivity contribution is -0.117. The molecule has 0 aromatic heterocycles. The monoisotopic (exact) mass is 374 g/mol. The second kappa shape index (κ2) is 9.37. The van der Waals surface area contributed by atoms with E-state index in [0.717, 1.165) is 11.4 Å². The third-order valence-electron chi connectivity index (χ3n) is 4.13. The zero-order valence-electron chi connectivity index (χ0n) is 15.7. The van der Waals surface area contributed by atoms with Gasteiger partial charge in [-0.05, 0) is 48.5 Å². The maximum atomic E-state index is 12.3. The zero-order chi connectivity index (χ0) is 19.8. The molecule has 0 unspecified atom stereocenters. The summed E-state index contributed by atoms with van der Waals surface area (Å²) in [6.45, 7) is 1.82. The number of amides is 2. The van der Waals surface area contributed by atoms with Crippen molar-refractivity contribution in [3.63, 3.8) is 0 Å². The number of rotatable bonds is 7. The fourth-order valence-corrected chi connectivity index (χ4v) is 2.74. The van der Waals surface area contributed by atoms with Crippen LogP contribution < -0.4 is 15.0 Å². The van der Waals surface area contributed by atoms with Crippen LogP contribution in [0, 0.1) is 0 Å². The van der Waals surface area contributed by atoms with Crippen LogP contribution in [-0.4, -0.2) is 18.4 Å². The van der Waals surface area contributed by atoms with E-state index < -0.39 is 0 Å². The van der Waals surface area contributed by atoms with Gasteiger partial charge in [0, 0.05) is 31.3 Å². The molecule has 0 atom stereocenters. The number of hydrogen-bond acceptors (Lipinski definition) is 3. The van der Waals surface area contributed by atoms with Crippen molar-refractivity contribution < 1.29 is 14.3 Å². The Labute approximate surface area is 164 Å². The molecule has 28 heavy (non-hydrogen) atoms. The van der Waals surface area contributed by atoms with E-state index in [1.165, 1.54) is 6.92 Å². The first kappa shape index (κ1) is 19.2. The summed E-state index contributed by atoms with van der Waals surface area (Å²) in [6.07, 6.45) is 0.205. The van der Waals surface area contributed by atoms with Crippen molar-refractivity contribution >= 4 is 23.2 Å². The number of nitrogens with one attached hydrogen (secondary N) is 1. The molecule has 5 nitrogen and oxygen atoms in total. The molecule has 2 amide bonds. The number of carbonyl (C=O) groups excluding carboxylic acids is 2. The topological polar surface area (TPSA) is 58.6 Å². The highest BCUT2D eigenvalue weighted by Crippen LogP contribution is 2.22. The van der Waals surface area contributed by atoms with Gasteiger partial charge in [-0.3, -0.25) is 9.59 Å². The molecule has 1 N–H and O–H groups in total. The minimum atomic E-state index is -0.154. The minimum Gasteiger partial charge on any atom is -0.457 e. The highest BCUT2D eigenvalue weighted by molar-refractivity contribution is 5.94. The molecule has 0 radical (unpaired) electrons. The first-order chi connectivity index (χ1) is 13.6. The fourth-order valence-electron chi connectivity index (χ4n) is 2.74. The van der Waals surface area contributed by atoms with Crippen molar-refractivity contribution in [2.24, 2.45) is 0 Å².